The first-order chi connectivity index (χ1) is 13.1. The van der Waals surface area contributed by atoms with E-state index in [2.05, 4.69) is 45.8 Å². The fourth-order valence-corrected chi connectivity index (χ4v) is 3.90. The number of hydrazine groups is 1. The highest BCUT2D eigenvalue weighted by Gasteiger charge is 2.45. The summed E-state index contributed by atoms with van der Waals surface area (Å²) in [6, 6.07) is 16.0. The number of carbonyl (C=O) groups excluding carboxylic acids is 1. The van der Waals surface area contributed by atoms with Crippen LogP contribution < -0.4 is 31.0 Å². The van der Waals surface area contributed by atoms with Crippen molar-refractivity contribution in [3.63, 3.8) is 0 Å². The summed E-state index contributed by atoms with van der Waals surface area (Å²) in [6.45, 7) is 0. The van der Waals surface area contributed by atoms with Gasteiger partial charge in [0.15, 0.2) is 0 Å². The van der Waals surface area contributed by atoms with E-state index in [4.69, 9.17) is 9.47 Å². The summed E-state index contributed by atoms with van der Waals surface area (Å²) < 4.78 is 10.5. The molecule has 4 N–H and O–H groups in total. The second-order valence-corrected chi connectivity index (χ2v) is 7.01. The highest BCUT2D eigenvalue weighted by Crippen LogP contribution is 2.39. The fraction of sp³-hybridized carbons (Fsp3) is 0.350. The van der Waals surface area contributed by atoms with Crippen molar-refractivity contribution in [3.8, 4) is 11.5 Å². The first kappa shape index (κ1) is 17.6. The third-order valence-electron chi connectivity index (χ3n) is 5.31. The molecule has 0 bridgehead atoms. The monoisotopic (exact) mass is 368 g/mol. The molecule has 27 heavy (non-hydrogen) atoms. The van der Waals surface area contributed by atoms with Crippen LogP contribution in [0.4, 0.5) is 4.79 Å². The summed E-state index contributed by atoms with van der Waals surface area (Å²) in [4.78, 5) is 11.8. The van der Waals surface area contributed by atoms with Crippen molar-refractivity contribution in [2.24, 2.45) is 0 Å². The van der Waals surface area contributed by atoms with E-state index in [1.54, 1.807) is 14.2 Å². The fourth-order valence-electron chi connectivity index (χ4n) is 3.90. The zero-order chi connectivity index (χ0) is 18.9. The van der Waals surface area contributed by atoms with Gasteiger partial charge < -0.3 is 20.1 Å². The molecule has 2 aliphatic heterocycles. The molecule has 2 atom stereocenters. The van der Waals surface area contributed by atoms with Crippen LogP contribution in [0.3, 0.4) is 0 Å². The number of urea groups is 1. The zero-order valence-corrected chi connectivity index (χ0v) is 15.4. The van der Waals surface area contributed by atoms with E-state index in [1.807, 2.05) is 24.3 Å². The van der Waals surface area contributed by atoms with Crippen molar-refractivity contribution in [3.05, 3.63) is 59.7 Å². The molecule has 142 valence electrons. The van der Waals surface area contributed by atoms with Crippen molar-refractivity contribution in [1.82, 2.24) is 21.5 Å². The number of nitrogens with one attached hydrogen (secondary N) is 4. The first-order valence-corrected chi connectivity index (χ1v) is 9.00. The predicted molar refractivity (Wildman–Crippen MR) is 101 cm³/mol. The lowest BCUT2D eigenvalue weighted by atomic mass is 9.83. The quantitative estimate of drug-likeness (QED) is 0.666. The van der Waals surface area contributed by atoms with Crippen LogP contribution in [0.25, 0.3) is 0 Å². The lowest BCUT2D eigenvalue weighted by Crippen LogP contribution is -2.58. The van der Waals surface area contributed by atoms with Gasteiger partial charge in [-0.15, -0.1) is 0 Å². The Morgan fingerprint density at radius 3 is 1.70 bits per heavy atom. The zero-order valence-electron chi connectivity index (χ0n) is 15.4. The van der Waals surface area contributed by atoms with Crippen molar-refractivity contribution in [2.45, 2.75) is 30.6 Å². The normalized spacial score (nSPS) is 27.1. The largest absolute Gasteiger partial charge is 0.497 e. The molecule has 1 spiro atoms. The summed E-state index contributed by atoms with van der Waals surface area (Å²) >= 11 is 0. The number of carbonyl (C=O) groups is 1. The van der Waals surface area contributed by atoms with E-state index >= 15 is 0 Å². The van der Waals surface area contributed by atoms with Gasteiger partial charge >= 0.3 is 6.03 Å². The summed E-state index contributed by atoms with van der Waals surface area (Å²) in [5.41, 5.74) is 7.66. The van der Waals surface area contributed by atoms with Gasteiger partial charge in [0.2, 0.25) is 0 Å². The Kier molecular flexibility index (Phi) is 4.63. The standard InChI is InChI=1S/C20H24N4O3/c1-26-15-7-3-13(4-8-15)17-11-20(22-19(25)23-24-20)12-18(21-17)14-5-9-16(27-2)10-6-14/h3-10,17-18,21,24H,11-12H2,1-2H3,(H2,22,23,25). The van der Waals surface area contributed by atoms with Crippen LogP contribution >= 0.6 is 0 Å². The number of ether oxygens (including phenoxy) is 2. The van der Waals surface area contributed by atoms with Crippen LogP contribution in [0.15, 0.2) is 48.5 Å². The highest BCUT2D eigenvalue weighted by atomic mass is 16.5. The summed E-state index contributed by atoms with van der Waals surface area (Å²) in [5, 5.41) is 6.79. The lowest BCUT2D eigenvalue weighted by molar-refractivity contribution is 0.159. The molecular weight excluding hydrogens is 344 g/mol. The average molecular weight is 368 g/mol. The molecule has 7 nitrogen and oxygen atoms in total. The maximum Gasteiger partial charge on any atom is 0.330 e. The maximum absolute atomic E-state index is 11.8. The highest BCUT2D eigenvalue weighted by molar-refractivity contribution is 5.76. The van der Waals surface area contributed by atoms with Crippen molar-refractivity contribution in [1.29, 1.82) is 0 Å². The molecule has 2 aliphatic rings. The van der Waals surface area contributed by atoms with Gasteiger partial charge in [-0.3, -0.25) is 5.43 Å². The second kappa shape index (κ2) is 7.09. The number of benzene rings is 2. The van der Waals surface area contributed by atoms with Crippen LogP contribution in [0.1, 0.15) is 36.1 Å². The predicted octanol–water partition coefficient (Wildman–Crippen LogP) is 2.38. The Balaban J connectivity index is 1.63. The molecule has 2 fully saturated rings. The summed E-state index contributed by atoms with van der Waals surface area (Å²) in [7, 11) is 3.32. The number of methoxy groups -OCH3 is 2. The number of hydrogen-bond acceptors (Lipinski definition) is 5. The van der Waals surface area contributed by atoms with Gasteiger partial charge in [-0.25, -0.2) is 10.2 Å². The van der Waals surface area contributed by atoms with Gasteiger partial charge in [-0.2, -0.15) is 0 Å². The van der Waals surface area contributed by atoms with E-state index in [-0.39, 0.29) is 18.1 Å². The lowest BCUT2D eigenvalue weighted by Gasteiger charge is -2.42. The van der Waals surface area contributed by atoms with Crippen molar-refractivity contribution in [2.75, 3.05) is 14.2 Å². The Labute approximate surface area is 158 Å². The minimum atomic E-state index is -0.502. The Hall–Kier alpha value is -2.77. The minimum Gasteiger partial charge on any atom is -0.497 e. The molecule has 2 heterocycles. The minimum absolute atomic E-state index is 0.0736. The maximum atomic E-state index is 11.8. The first-order valence-electron chi connectivity index (χ1n) is 9.00. The van der Waals surface area contributed by atoms with Crippen molar-refractivity contribution >= 4 is 6.03 Å². The number of rotatable bonds is 4. The molecule has 2 aromatic carbocycles. The van der Waals surface area contributed by atoms with E-state index in [0.717, 1.165) is 35.5 Å². The third-order valence-corrected chi connectivity index (χ3v) is 5.31. The van der Waals surface area contributed by atoms with Crippen LogP contribution in [0.5, 0.6) is 11.5 Å². The van der Waals surface area contributed by atoms with E-state index in [0.29, 0.717) is 0 Å². The van der Waals surface area contributed by atoms with Crippen molar-refractivity contribution < 1.29 is 14.3 Å². The average Bonchev–Trinajstić information content (AvgIpc) is 3.07. The van der Waals surface area contributed by atoms with E-state index < -0.39 is 5.66 Å². The molecule has 0 saturated carbocycles. The van der Waals surface area contributed by atoms with Crippen LogP contribution in [0, 0.1) is 0 Å². The molecule has 2 amide bonds. The number of hydrogen-bond donors (Lipinski definition) is 4. The molecule has 7 heteroatoms. The number of amides is 2. The van der Waals surface area contributed by atoms with Gasteiger partial charge in [0.25, 0.3) is 0 Å². The Morgan fingerprint density at radius 2 is 1.33 bits per heavy atom. The van der Waals surface area contributed by atoms with Gasteiger partial charge in [0.05, 0.1) is 14.2 Å². The van der Waals surface area contributed by atoms with Gasteiger partial charge in [-0.05, 0) is 35.4 Å². The Bertz CT molecular complexity index is 751. The SMILES string of the molecule is COc1ccc(C2CC3(CC(c4ccc(OC)cc4)N2)NNC(=O)N3)cc1. The van der Waals surface area contributed by atoms with E-state index in [9.17, 15) is 4.79 Å². The second-order valence-electron chi connectivity index (χ2n) is 7.01. The summed E-state index contributed by atoms with van der Waals surface area (Å²) in [5.74, 6) is 1.65. The third kappa shape index (κ3) is 3.56. The Morgan fingerprint density at radius 1 is 0.852 bits per heavy atom. The molecule has 2 saturated heterocycles. The van der Waals surface area contributed by atoms with Gasteiger partial charge in [0, 0.05) is 24.9 Å². The topological polar surface area (TPSA) is 83.7 Å². The van der Waals surface area contributed by atoms with Gasteiger partial charge in [-0.1, -0.05) is 24.3 Å². The van der Waals surface area contributed by atoms with Crippen LogP contribution in [-0.2, 0) is 0 Å². The molecule has 0 aromatic heterocycles. The molecule has 0 radical (unpaired) electrons. The summed E-state index contributed by atoms with van der Waals surface area (Å²) in [6.07, 6.45) is 1.45. The van der Waals surface area contributed by atoms with Gasteiger partial charge in [0.1, 0.15) is 17.2 Å². The molecule has 4 rings (SSSR count). The smallest absolute Gasteiger partial charge is 0.330 e. The van der Waals surface area contributed by atoms with Crippen LogP contribution in [-0.4, -0.2) is 25.9 Å². The number of piperidine rings is 1. The molecular formula is C20H24N4O3. The molecule has 2 aromatic rings. The van der Waals surface area contributed by atoms with E-state index in [1.165, 1.54) is 0 Å². The van der Waals surface area contributed by atoms with Crippen LogP contribution in [0.2, 0.25) is 0 Å². The molecule has 2 unspecified atom stereocenters. The molecule has 0 aliphatic carbocycles.